The number of para-hydroxylation sites is 1. The van der Waals surface area contributed by atoms with Crippen LogP contribution in [-0.4, -0.2) is 165 Å². The van der Waals surface area contributed by atoms with Crippen molar-refractivity contribution in [3.8, 4) is 5.75 Å². The normalized spacial score (nSPS) is 14.0. The van der Waals surface area contributed by atoms with Gasteiger partial charge in [0.15, 0.2) is 5.96 Å². The number of nitrogens with one attached hydrogen (secondary N) is 14. The number of primary amides is 2. The number of aliphatic hydroxyl groups is 1. The fourth-order valence-corrected chi connectivity index (χ4v) is 9.11. The quantitative estimate of drug-likeness (QED) is 0.00981. The fraction of sp³-hybridized carbons (Fsp3) is 0.431. The van der Waals surface area contributed by atoms with Gasteiger partial charge in [0.25, 0.3) is 5.91 Å². The monoisotopic (exact) mass is 1260 g/mol. The average Bonchev–Trinajstić information content (AvgIpc) is 1.98. The molecule has 1 aromatic heterocycles. The minimum absolute atomic E-state index is 0.0113. The summed E-state index contributed by atoms with van der Waals surface area (Å²) in [4.78, 5) is 163. The van der Waals surface area contributed by atoms with Crippen molar-refractivity contribution in [3.05, 3.63) is 102 Å². The van der Waals surface area contributed by atoms with E-state index in [1.54, 1.807) is 26.1 Å². The maximum Gasteiger partial charge on any atom is 0.334 e. The predicted octanol–water partition coefficient (Wildman–Crippen LogP) is -2.67. The minimum atomic E-state index is -2.02. The number of amides is 12. The van der Waals surface area contributed by atoms with Crippen LogP contribution in [0.3, 0.4) is 0 Å². The number of aromatic nitrogens is 1. The van der Waals surface area contributed by atoms with Crippen molar-refractivity contribution in [3.63, 3.8) is 0 Å². The van der Waals surface area contributed by atoms with Crippen molar-refractivity contribution in [2.45, 2.75) is 140 Å². The van der Waals surface area contributed by atoms with E-state index in [4.69, 9.17) is 16.9 Å². The van der Waals surface area contributed by atoms with Crippen LogP contribution in [0.1, 0.15) is 82.9 Å². The maximum atomic E-state index is 14.5. The van der Waals surface area contributed by atoms with Gasteiger partial charge in [0.05, 0.1) is 12.5 Å². The summed E-state index contributed by atoms with van der Waals surface area (Å²) in [7, 11) is 1.52. The number of rotatable bonds is 34. The number of aliphatic hydroxyl groups excluding tert-OH is 1. The topological polar surface area (TPSA) is 502 Å². The molecule has 3 aromatic carbocycles. The Balaban J connectivity index is 1.52. The highest BCUT2D eigenvalue weighted by Gasteiger charge is 2.36. The van der Waals surface area contributed by atoms with Gasteiger partial charge < -0.3 is 84.9 Å². The lowest BCUT2D eigenvalue weighted by molar-refractivity contribution is -0.139. The number of hydrogen-bond acceptors (Lipinski definition) is 15. The third-order valence-electron chi connectivity index (χ3n) is 13.7. The zero-order valence-electron chi connectivity index (χ0n) is 50.1. The van der Waals surface area contributed by atoms with Crippen LogP contribution in [0.4, 0.5) is 9.18 Å². The number of fused-ring (bicyclic) bond motifs is 1. The van der Waals surface area contributed by atoms with E-state index in [2.05, 4.69) is 69.0 Å². The molecule has 0 aliphatic rings. The van der Waals surface area contributed by atoms with E-state index in [0.29, 0.717) is 11.1 Å². The predicted molar refractivity (Wildman–Crippen MR) is 322 cm³/mol. The van der Waals surface area contributed by atoms with Crippen molar-refractivity contribution >= 4 is 87.9 Å². The maximum absolute atomic E-state index is 14.5. The van der Waals surface area contributed by atoms with Gasteiger partial charge in [-0.3, -0.25) is 63.6 Å². The number of hydrogen-bond donors (Lipinski definition) is 19. The number of carboxylic acid groups (broad SMARTS) is 1. The van der Waals surface area contributed by atoms with Crippen molar-refractivity contribution in [1.29, 1.82) is 5.41 Å². The van der Waals surface area contributed by atoms with E-state index in [9.17, 15) is 77.2 Å². The first kappa shape index (κ1) is 72.1. The highest BCUT2D eigenvalue weighted by Crippen LogP contribution is 2.20. The first-order valence-electron chi connectivity index (χ1n) is 28.5. The summed E-state index contributed by atoms with van der Waals surface area (Å²) in [5.41, 5.74) is 17.4. The van der Waals surface area contributed by atoms with Crippen LogP contribution in [0.5, 0.6) is 5.75 Å². The van der Waals surface area contributed by atoms with Crippen LogP contribution < -0.4 is 75.5 Å². The number of hydrazine groups is 1. The second kappa shape index (κ2) is 35.4. The van der Waals surface area contributed by atoms with Crippen LogP contribution in [0.15, 0.2) is 79.0 Å². The van der Waals surface area contributed by atoms with E-state index in [-0.39, 0.29) is 61.8 Å². The molecule has 32 heteroatoms. The van der Waals surface area contributed by atoms with Crippen molar-refractivity contribution < 1.29 is 77.2 Å². The second-order valence-electron chi connectivity index (χ2n) is 21.5. The van der Waals surface area contributed by atoms with Gasteiger partial charge in [-0.1, -0.05) is 56.3 Å². The number of guanidine groups is 1. The molecule has 0 spiro atoms. The Morgan fingerprint density at radius 1 is 0.622 bits per heavy atom. The lowest BCUT2D eigenvalue weighted by Crippen LogP contribution is -2.62. The highest BCUT2D eigenvalue weighted by molar-refractivity contribution is 5.99. The number of H-pyrrole nitrogens is 1. The number of nitrogens with two attached hydrogens (primary N) is 2. The number of carboxylic acids is 1. The second-order valence-corrected chi connectivity index (χ2v) is 21.5. The summed E-state index contributed by atoms with van der Waals surface area (Å²) >= 11 is 0. The molecule has 1 unspecified atom stereocenters. The summed E-state index contributed by atoms with van der Waals surface area (Å²) in [5, 5.41) is 63.2. The average molecular weight is 1260 g/mol. The molecule has 4 aromatic rings. The number of carbonyl (C=O) groups is 12. The molecule has 0 saturated carbocycles. The third-order valence-corrected chi connectivity index (χ3v) is 13.7. The third kappa shape index (κ3) is 24.4. The Kier molecular flexibility index (Phi) is 28.4. The summed E-state index contributed by atoms with van der Waals surface area (Å²) in [5.74, 6) is -13.0. The Hall–Kier alpha value is -10.4. The Bertz CT molecular complexity index is 3220. The molecule has 488 valence electrons. The van der Waals surface area contributed by atoms with E-state index in [1.165, 1.54) is 43.4 Å². The molecule has 0 fully saturated rings. The lowest BCUT2D eigenvalue weighted by atomic mass is 10.0. The molecule has 31 nitrogen and oxygen atoms in total. The van der Waals surface area contributed by atoms with E-state index in [0.717, 1.165) is 36.9 Å². The van der Waals surface area contributed by atoms with Crippen LogP contribution in [0.2, 0.25) is 0 Å². The largest absolute Gasteiger partial charge is 0.508 e. The van der Waals surface area contributed by atoms with Gasteiger partial charge >= 0.3 is 12.0 Å². The van der Waals surface area contributed by atoms with Gasteiger partial charge in [-0.05, 0) is 85.5 Å². The summed E-state index contributed by atoms with van der Waals surface area (Å²) in [6.45, 7) is 5.78. The summed E-state index contributed by atoms with van der Waals surface area (Å²) in [6.07, 6.45) is -2.98. The van der Waals surface area contributed by atoms with Gasteiger partial charge in [0, 0.05) is 63.3 Å². The number of aliphatic carboxylic acids is 1. The molecule has 12 amide bonds. The van der Waals surface area contributed by atoms with Crippen molar-refractivity contribution in [2.75, 3.05) is 13.6 Å². The van der Waals surface area contributed by atoms with Gasteiger partial charge in [-0.25, -0.2) is 14.6 Å². The van der Waals surface area contributed by atoms with Gasteiger partial charge in [0.1, 0.15) is 59.9 Å². The van der Waals surface area contributed by atoms with Crippen LogP contribution >= 0.6 is 0 Å². The molecule has 0 aliphatic heterocycles. The SMILES string of the molecule is CNC(=N)NCCC[C@H](NC(=O)[C@H](CC(C)C)NC(=O)NNC(=O)[C@H](Cc1cccc(F)c1)NC(=O)C(NC(=O)[C@H](CC(N)=O)NC(=O)[C@H](CCC(=O)O)NC(=O)[C@@H](Cc1ccc(O)cc1)NC(C)=O)[C@@H](C)O)C(=O)N[C@@H](Cc1c[nH]c2ccccc12)C(N)=O. The number of carbonyl (C=O) groups excluding carboxylic acids is 11. The number of phenols is 1. The molecule has 0 radical (unpaired) electrons. The summed E-state index contributed by atoms with van der Waals surface area (Å²) < 4.78 is 14.5. The minimum Gasteiger partial charge on any atom is -0.508 e. The molecule has 4 rings (SSSR count). The van der Waals surface area contributed by atoms with E-state index >= 15 is 0 Å². The highest BCUT2D eigenvalue weighted by atomic mass is 19.1. The van der Waals surface area contributed by atoms with E-state index < -0.39 is 157 Å². The van der Waals surface area contributed by atoms with Gasteiger partial charge in [-0.15, -0.1) is 0 Å². The zero-order valence-corrected chi connectivity index (χ0v) is 50.1. The first-order chi connectivity index (χ1) is 42.5. The molecule has 1 heterocycles. The first-order valence-corrected chi connectivity index (χ1v) is 28.5. The van der Waals surface area contributed by atoms with Crippen molar-refractivity contribution in [2.24, 2.45) is 17.4 Å². The molecule has 9 atom stereocenters. The molecular weight excluding hydrogens is 1180 g/mol. The van der Waals surface area contributed by atoms with Crippen LogP contribution in [-0.2, 0) is 72.0 Å². The summed E-state index contributed by atoms with van der Waals surface area (Å²) in [6, 6.07) is 3.58. The number of phenolic OH excluding ortho intramolecular Hbond substituents is 1. The standard InChI is InChI=1S/C58H79FN16O15/c1-29(2)22-42(52(85)67-39(14-9-21-64-57(62)63-5)50(83)69-41(49(61)82)26-34-28-65-38-13-7-6-12-37(34)38)72-58(90)75-74-55(88)44(25-33-10-8-11-35(59)23-33)71-56(89)48(30(3)76)73-54(87)45(27-46(60)79)70-51(84)40(19-20-47(80)81)68-53(86)43(66-31(4)77)24-32-15-17-36(78)18-16-32/h6-8,10-13,15-18,23,28-30,39-45,48,65,76,78H,9,14,19-22,24-27H2,1-5H3,(H2,60,79)(H2,61,82)(H,66,77)(H,67,85)(H,68,86)(H,69,83)(H,70,84)(H,71,89)(H,73,87)(H,74,88)(H,80,81)(H3,62,63,64)(H2,72,75,90)/t30-,39+,40+,41+,42+,43-,44+,45+,48?/m1/s1. The lowest BCUT2D eigenvalue weighted by Gasteiger charge is -2.28. The molecule has 0 aliphatic carbocycles. The number of aromatic amines is 1. The Morgan fingerprint density at radius 3 is 1.80 bits per heavy atom. The van der Waals surface area contributed by atoms with E-state index in [1.807, 2.05) is 18.2 Å². The smallest absolute Gasteiger partial charge is 0.334 e. The number of urea groups is 1. The van der Waals surface area contributed by atoms with Crippen LogP contribution in [0, 0.1) is 17.1 Å². The molecule has 90 heavy (non-hydrogen) atoms. The molecular formula is C58H79FN16O15. The fourth-order valence-electron chi connectivity index (χ4n) is 9.11. The Morgan fingerprint density at radius 2 is 1.20 bits per heavy atom. The molecule has 21 N–H and O–H groups in total. The van der Waals surface area contributed by atoms with Gasteiger partial charge in [-0.2, -0.15) is 0 Å². The molecule has 0 bridgehead atoms. The van der Waals surface area contributed by atoms with Crippen LogP contribution in [0.25, 0.3) is 10.9 Å². The number of aromatic hydroxyl groups is 1. The molecule has 0 saturated heterocycles. The zero-order chi connectivity index (χ0) is 66.8. The Labute approximate surface area is 516 Å². The van der Waals surface area contributed by atoms with Crippen molar-refractivity contribution in [1.82, 2.24) is 69.0 Å². The number of benzene rings is 3. The number of halogens is 1. The van der Waals surface area contributed by atoms with Gasteiger partial charge in [0.2, 0.25) is 53.2 Å².